The second kappa shape index (κ2) is 8.60. The fourth-order valence-electron chi connectivity index (χ4n) is 4.90. The average molecular weight is 459 g/mol. The van der Waals surface area contributed by atoms with Crippen molar-refractivity contribution < 1.29 is 0 Å². The fourth-order valence-corrected chi connectivity index (χ4v) is 4.90. The first-order valence-electron chi connectivity index (χ1n) is 11.9. The summed E-state index contributed by atoms with van der Waals surface area (Å²) in [6, 6.07) is 6.91. The van der Waals surface area contributed by atoms with Gasteiger partial charge < -0.3 is 30.4 Å². The number of rotatable bonds is 5. The topological polar surface area (TPSA) is 114 Å². The molecular weight excluding hydrogens is 428 g/mol. The molecule has 1 fully saturated rings. The van der Waals surface area contributed by atoms with Crippen molar-refractivity contribution in [2.75, 3.05) is 42.2 Å². The van der Waals surface area contributed by atoms with Gasteiger partial charge in [-0.1, -0.05) is 0 Å². The number of aromatic nitrogens is 6. The maximum absolute atomic E-state index is 4.88. The van der Waals surface area contributed by atoms with Crippen LogP contribution in [0.2, 0.25) is 0 Å². The number of nitrogens with zero attached hydrogens (tertiary/aromatic N) is 6. The lowest BCUT2D eigenvalue weighted by Gasteiger charge is -2.30. The Bertz CT molecular complexity index is 1300. The predicted octanol–water partition coefficient (Wildman–Crippen LogP) is 3.20. The standard InChI is InChI=1S/C24H30N10/c1-15-11-17(3-4-18(15)29-16-5-8-33(2)9-6-16)30-24-31-22-21(27-14-28-22)23(32-24)34-10-7-19-20(12-34)26-13-25-19/h3-4,11,13-14,16,29H,5-10,12H2,1-2H3,(H,25,26)(H2,27,28,30,31,32). The number of fused-ring (bicyclic) bond motifs is 2. The van der Waals surface area contributed by atoms with E-state index in [2.05, 4.69) is 77.5 Å². The molecule has 0 unspecified atom stereocenters. The van der Waals surface area contributed by atoms with E-state index < -0.39 is 0 Å². The number of aryl methyl sites for hydroxylation is 1. The maximum atomic E-state index is 4.88. The molecule has 6 rings (SSSR count). The molecule has 0 bridgehead atoms. The van der Waals surface area contributed by atoms with Gasteiger partial charge in [-0.25, -0.2) is 9.97 Å². The van der Waals surface area contributed by atoms with E-state index >= 15 is 0 Å². The third-order valence-corrected chi connectivity index (χ3v) is 6.90. The first-order chi connectivity index (χ1) is 16.6. The van der Waals surface area contributed by atoms with E-state index in [1.807, 2.05) is 0 Å². The van der Waals surface area contributed by atoms with Gasteiger partial charge in [-0.15, -0.1) is 0 Å². The minimum Gasteiger partial charge on any atom is -0.382 e. The van der Waals surface area contributed by atoms with Crippen LogP contribution in [0.4, 0.5) is 23.1 Å². The molecule has 0 atom stereocenters. The summed E-state index contributed by atoms with van der Waals surface area (Å²) in [4.78, 5) is 29.4. The van der Waals surface area contributed by atoms with Crippen molar-refractivity contribution in [2.45, 2.75) is 38.8 Å². The van der Waals surface area contributed by atoms with E-state index in [9.17, 15) is 0 Å². The summed E-state index contributed by atoms with van der Waals surface area (Å²) in [6.07, 6.45) is 6.66. The van der Waals surface area contributed by atoms with Crippen molar-refractivity contribution in [3.05, 3.63) is 47.8 Å². The monoisotopic (exact) mass is 458 g/mol. The zero-order valence-corrected chi connectivity index (χ0v) is 19.6. The molecule has 0 saturated carbocycles. The highest BCUT2D eigenvalue weighted by atomic mass is 15.3. The zero-order chi connectivity index (χ0) is 23.1. The summed E-state index contributed by atoms with van der Waals surface area (Å²) in [5, 5.41) is 7.12. The number of piperidine rings is 1. The quantitative estimate of drug-likeness (QED) is 0.361. The maximum Gasteiger partial charge on any atom is 0.231 e. The van der Waals surface area contributed by atoms with Gasteiger partial charge in [0.05, 0.1) is 30.6 Å². The van der Waals surface area contributed by atoms with Crippen LogP contribution in [0, 0.1) is 6.92 Å². The van der Waals surface area contributed by atoms with E-state index in [1.165, 1.54) is 24.1 Å². The van der Waals surface area contributed by atoms with Crippen molar-refractivity contribution >= 4 is 34.3 Å². The van der Waals surface area contributed by atoms with Gasteiger partial charge in [-0.2, -0.15) is 9.97 Å². The number of H-pyrrole nitrogens is 2. The van der Waals surface area contributed by atoms with Gasteiger partial charge in [0, 0.05) is 30.4 Å². The number of anilines is 4. The number of nitrogens with one attached hydrogen (secondary N) is 4. The van der Waals surface area contributed by atoms with Crippen molar-refractivity contribution in [3.63, 3.8) is 0 Å². The molecule has 3 aromatic heterocycles. The Morgan fingerprint density at radius 3 is 2.74 bits per heavy atom. The Balaban J connectivity index is 1.22. The molecule has 0 spiro atoms. The number of benzene rings is 1. The summed E-state index contributed by atoms with van der Waals surface area (Å²) in [7, 11) is 2.19. The first-order valence-corrected chi connectivity index (χ1v) is 11.9. The molecular formula is C24H30N10. The van der Waals surface area contributed by atoms with E-state index in [0.29, 0.717) is 17.6 Å². The minimum atomic E-state index is 0.529. The molecule has 1 aromatic carbocycles. The number of hydrogen-bond acceptors (Lipinski definition) is 8. The van der Waals surface area contributed by atoms with Crippen molar-refractivity contribution in [2.24, 2.45) is 0 Å². The summed E-state index contributed by atoms with van der Waals surface area (Å²) in [5.41, 5.74) is 7.12. The Morgan fingerprint density at radius 1 is 1.03 bits per heavy atom. The molecule has 4 N–H and O–H groups in total. The Labute approximate surface area is 198 Å². The van der Waals surface area contributed by atoms with E-state index in [-0.39, 0.29) is 0 Å². The number of aromatic amines is 2. The van der Waals surface area contributed by atoms with Crippen LogP contribution in [0.3, 0.4) is 0 Å². The second-order valence-corrected chi connectivity index (χ2v) is 9.35. The molecule has 10 nitrogen and oxygen atoms in total. The Kier molecular flexibility index (Phi) is 5.29. The summed E-state index contributed by atoms with van der Waals surface area (Å²) in [6.45, 7) is 6.01. The first kappa shape index (κ1) is 20.9. The van der Waals surface area contributed by atoms with Crippen LogP contribution in [-0.2, 0) is 13.0 Å². The third-order valence-electron chi connectivity index (χ3n) is 6.90. The molecule has 0 amide bonds. The number of likely N-dealkylation sites (tertiary alicyclic amines) is 1. The lowest BCUT2D eigenvalue weighted by Crippen LogP contribution is -2.36. The minimum absolute atomic E-state index is 0.529. The van der Waals surface area contributed by atoms with Gasteiger partial charge in [0.2, 0.25) is 5.95 Å². The third kappa shape index (κ3) is 4.05. The van der Waals surface area contributed by atoms with Crippen LogP contribution in [-0.4, -0.2) is 67.5 Å². The lowest BCUT2D eigenvalue weighted by molar-refractivity contribution is 0.264. The molecule has 2 aliphatic rings. The zero-order valence-electron chi connectivity index (χ0n) is 19.6. The molecule has 0 aliphatic carbocycles. The normalized spacial score (nSPS) is 17.2. The van der Waals surface area contributed by atoms with Crippen LogP contribution in [0.25, 0.3) is 11.2 Å². The highest BCUT2D eigenvalue weighted by Crippen LogP contribution is 2.29. The molecule has 2 aliphatic heterocycles. The summed E-state index contributed by atoms with van der Waals surface area (Å²) >= 11 is 0. The Morgan fingerprint density at radius 2 is 1.88 bits per heavy atom. The van der Waals surface area contributed by atoms with E-state index in [0.717, 1.165) is 61.0 Å². The van der Waals surface area contributed by atoms with Crippen LogP contribution < -0.4 is 15.5 Å². The van der Waals surface area contributed by atoms with Gasteiger partial charge >= 0.3 is 0 Å². The molecule has 1 saturated heterocycles. The molecule has 4 aromatic rings. The van der Waals surface area contributed by atoms with Gasteiger partial charge in [-0.3, -0.25) is 0 Å². The highest BCUT2D eigenvalue weighted by Gasteiger charge is 2.23. The smallest absolute Gasteiger partial charge is 0.231 e. The molecule has 34 heavy (non-hydrogen) atoms. The van der Waals surface area contributed by atoms with Gasteiger partial charge in [-0.05, 0) is 63.7 Å². The van der Waals surface area contributed by atoms with Crippen molar-refractivity contribution in [1.29, 1.82) is 0 Å². The molecule has 5 heterocycles. The predicted molar refractivity (Wildman–Crippen MR) is 134 cm³/mol. The van der Waals surface area contributed by atoms with Crippen LogP contribution >= 0.6 is 0 Å². The van der Waals surface area contributed by atoms with Crippen molar-refractivity contribution in [3.8, 4) is 0 Å². The van der Waals surface area contributed by atoms with Gasteiger partial charge in [0.25, 0.3) is 0 Å². The Hall–Kier alpha value is -3.66. The molecule has 10 heteroatoms. The van der Waals surface area contributed by atoms with Gasteiger partial charge in [0.1, 0.15) is 5.52 Å². The van der Waals surface area contributed by atoms with Crippen LogP contribution in [0.5, 0.6) is 0 Å². The lowest BCUT2D eigenvalue weighted by atomic mass is 10.0. The largest absolute Gasteiger partial charge is 0.382 e. The average Bonchev–Trinajstić information content (AvgIpc) is 3.50. The molecule has 176 valence electrons. The SMILES string of the molecule is Cc1cc(Nc2nc(N3CCc4nc[nH]c4C3)c3[nH]cnc3n2)ccc1NC1CCN(C)CC1. The summed E-state index contributed by atoms with van der Waals surface area (Å²) < 4.78 is 0. The van der Waals surface area contributed by atoms with Crippen LogP contribution in [0.1, 0.15) is 29.8 Å². The van der Waals surface area contributed by atoms with E-state index in [4.69, 9.17) is 4.98 Å². The van der Waals surface area contributed by atoms with Crippen molar-refractivity contribution in [1.82, 2.24) is 34.8 Å². The van der Waals surface area contributed by atoms with Crippen LogP contribution in [0.15, 0.2) is 30.9 Å². The highest BCUT2D eigenvalue weighted by molar-refractivity contribution is 5.85. The van der Waals surface area contributed by atoms with Gasteiger partial charge in [0.15, 0.2) is 11.5 Å². The number of hydrogen-bond donors (Lipinski definition) is 4. The second-order valence-electron chi connectivity index (χ2n) is 9.35. The van der Waals surface area contributed by atoms with E-state index in [1.54, 1.807) is 12.7 Å². The summed E-state index contributed by atoms with van der Waals surface area (Å²) in [5.74, 6) is 1.39. The molecule has 0 radical (unpaired) electrons. The fraction of sp³-hybridized carbons (Fsp3) is 0.417. The number of imidazole rings is 2.